The largest absolute Gasteiger partial charge is 0.495 e. The van der Waals surface area contributed by atoms with Crippen LogP contribution in [0.2, 0.25) is 5.02 Å². The van der Waals surface area contributed by atoms with E-state index in [-0.39, 0.29) is 0 Å². The van der Waals surface area contributed by atoms with Crippen LogP contribution >= 0.6 is 34.2 Å². The van der Waals surface area contributed by atoms with Crippen LogP contribution in [0.1, 0.15) is 11.3 Å². The molecule has 0 aliphatic carbocycles. The molecule has 140 valence electrons. The molecule has 7 heteroatoms. The van der Waals surface area contributed by atoms with Crippen LogP contribution in [-0.4, -0.2) is 30.0 Å². The summed E-state index contributed by atoms with van der Waals surface area (Å²) in [6.07, 6.45) is 0.884. The summed E-state index contributed by atoms with van der Waals surface area (Å²) in [6.45, 7) is 3.48. The molecule has 0 N–H and O–H groups in total. The predicted octanol–water partition coefficient (Wildman–Crippen LogP) is 6.03. The van der Waals surface area contributed by atoms with Crippen LogP contribution in [0.25, 0.3) is 11.3 Å². The lowest BCUT2D eigenvalue weighted by atomic mass is 9.97. The van der Waals surface area contributed by atoms with E-state index in [1.54, 1.807) is 6.07 Å². The topological polar surface area (TPSA) is 25.4 Å². The van der Waals surface area contributed by atoms with E-state index >= 15 is 0 Å². The first-order valence-corrected chi connectivity index (χ1v) is 9.49. The molecule has 1 aliphatic heterocycles. The van der Waals surface area contributed by atoms with E-state index in [0.717, 1.165) is 14.7 Å². The molecular formula is C20H16ClF2IN2O. The molecule has 3 nitrogen and oxygen atoms in total. The number of halogens is 4. The Labute approximate surface area is 175 Å². The molecule has 0 saturated heterocycles. The third-order valence-electron chi connectivity index (χ3n) is 4.08. The minimum Gasteiger partial charge on any atom is -0.495 e. The maximum Gasteiger partial charge on any atom is 0.256 e. The van der Waals surface area contributed by atoms with Gasteiger partial charge in [0.25, 0.3) is 6.43 Å². The minimum absolute atomic E-state index is 0.315. The van der Waals surface area contributed by atoms with Crippen molar-refractivity contribution in [3.05, 3.63) is 80.8 Å². The van der Waals surface area contributed by atoms with E-state index in [9.17, 15) is 8.78 Å². The molecule has 1 aromatic carbocycles. The average molecular weight is 501 g/mol. The molecule has 0 unspecified atom stereocenters. The summed E-state index contributed by atoms with van der Waals surface area (Å²) in [4.78, 5) is 5.87. The quantitative estimate of drug-likeness (QED) is 0.469. The maximum atomic E-state index is 13.4. The van der Waals surface area contributed by atoms with Gasteiger partial charge in [0.1, 0.15) is 11.4 Å². The maximum absolute atomic E-state index is 13.4. The molecule has 0 saturated carbocycles. The van der Waals surface area contributed by atoms with E-state index in [4.69, 9.17) is 16.3 Å². The van der Waals surface area contributed by atoms with Gasteiger partial charge in [-0.2, -0.15) is 0 Å². The van der Waals surface area contributed by atoms with Crippen LogP contribution in [0.4, 0.5) is 8.78 Å². The van der Waals surface area contributed by atoms with Gasteiger partial charge in [-0.1, -0.05) is 48.5 Å². The van der Waals surface area contributed by atoms with Crippen LogP contribution < -0.4 is 4.74 Å². The van der Waals surface area contributed by atoms with Crippen LogP contribution in [0, 0.1) is 0 Å². The molecule has 0 amide bonds. The summed E-state index contributed by atoms with van der Waals surface area (Å²) >= 11 is 8.54. The summed E-state index contributed by atoms with van der Waals surface area (Å²) in [7, 11) is 1.51. The zero-order chi connectivity index (χ0) is 19.6. The zero-order valence-corrected chi connectivity index (χ0v) is 17.3. The first-order valence-electron chi connectivity index (χ1n) is 8.04. The first kappa shape index (κ1) is 19.8. The van der Waals surface area contributed by atoms with Gasteiger partial charge in [-0.25, -0.2) is 13.8 Å². The number of hydrogen-bond acceptors (Lipinski definition) is 3. The Morgan fingerprint density at radius 2 is 2.00 bits per heavy atom. The van der Waals surface area contributed by atoms with Crippen LogP contribution in [0.5, 0.6) is 5.75 Å². The van der Waals surface area contributed by atoms with Crippen molar-refractivity contribution in [2.75, 3.05) is 13.7 Å². The standard InChI is InChI=1S/C20H16ClF2IN2O/c1-12-17(24)9-15(13-6-4-3-5-7-13)20(26(12)11-18(22)23)19-16(21)8-14(27-2)10-25-19/h3-10,18H,1,11H2,2H3. The van der Waals surface area contributed by atoms with Gasteiger partial charge in [0.15, 0.2) is 0 Å². The van der Waals surface area contributed by atoms with Crippen molar-refractivity contribution >= 4 is 45.5 Å². The SMILES string of the molecule is C=C1C(I)=CC(c2ccccc2)=C(c2ncc(OC)cc2Cl)N1CC(F)F. The summed E-state index contributed by atoms with van der Waals surface area (Å²) in [5.74, 6) is 0.491. The number of ether oxygens (including phenoxy) is 1. The molecule has 0 fully saturated rings. The molecule has 0 atom stereocenters. The summed E-state index contributed by atoms with van der Waals surface area (Å²) < 4.78 is 32.6. The molecule has 0 radical (unpaired) electrons. The number of rotatable bonds is 5. The summed E-state index contributed by atoms with van der Waals surface area (Å²) in [6, 6.07) is 11.1. The fourth-order valence-corrected chi connectivity index (χ4v) is 3.67. The highest BCUT2D eigenvalue weighted by Crippen LogP contribution is 2.43. The van der Waals surface area contributed by atoms with Gasteiger partial charge >= 0.3 is 0 Å². The third kappa shape index (κ3) is 4.16. The lowest BCUT2D eigenvalue weighted by Gasteiger charge is -2.34. The van der Waals surface area contributed by atoms with Gasteiger partial charge in [0, 0.05) is 20.9 Å². The molecular weight excluding hydrogens is 485 g/mol. The summed E-state index contributed by atoms with van der Waals surface area (Å²) in [5.41, 5.74) is 3.02. The van der Waals surface area contributed by atoms with Gasteiger partial charge in [-0.3, -0.25) is 0 Å². The van der Waals surface area contributed by atoms with Crippen molar-refractivity contribution in [1.82, 2.24) is 9.88 Å². The number of hydrogen-bond donors (Lipinski definition) is 0. The minimum atomic E-state index is -2.55. The second-order valence-corrected chi connectivity index (χ2v) is 7.34. The van der Waals surface area contributed by atoms with Crippen molar-refractivity contribution in [3.8, 4) is 5.75 Å². The van der Waals surface area contributed by atoms with Crippen molar-refractivity contribution in [1.29, 1.82) is 0 Å². The smallest absolute Gasteiger partial charge is 0.256 e. The highest BCUT2D eigenvalue weighted by atomic mass is 127. The monoisotopic (exact) mass is 500 g/mol. The molecule has 0 spiro atoms. The lowest BCUT2D eigenvalue weighted by Crippen LogP contribution is -2.30. The van der Waals surface area contributed by atoms with E-state index in [0.29, 0.717) is 27.9 Å². The number of allylic oxidation sites excluding steroid dienone is 3. The highest BCUT2D eigenvalue weighted by molar-refractivity contribution is 14.1. The van der Waals surface area contributed by atoms with Crippen LogP contribution in [0.15, 0.2) is 64.5 Å². The Bertz CT molecular complexity index is 929. The van der Waals surface area contributed by atoms with E-state index < -0.39 is 13.0 Å². The number of nitrogens with zero attached hydrogens (tertiary/aromatic N) is 2. The van der Waals surface area contributed by atoms with E-state index in [1.165, 1.54) is 18.2 Å². The second-order valence-electron chi connectivity index (χ2n) is 5.77. The van der Waals surface area contributed by atoms with Gasteiger partial charge in [0.05, 0.1) is 30.6 Å². The molecule has 1 aliphatic rings. The first-order chi connectivity index (χ1) is 12.9. The fraction of sp³-hybridized carbons (Fsp3) is 0.150. The Morgan fingerprint density at radius 1 is 1.30 bits per heavy atom. The molecule has 1 aromatic heterocycles. The van der Waals surface area contributed by atoms with E-state index in [1.807, 2.05) is 36.4 Å². The predicted molar refractivity (Wildman–Crippen MR) is 113 cm³/mol. The normalized spacial score (nSPS) is 14.7. The zero-order valence-electron chi connectivity index (χ0n) is 14.4. The Kier molecular flexibility index (Phi) is 6.16. The van der Waals surface area contributed by atoms with Gasteiger partial charge in [-0.05, 0) is 34.2 Å². The Morgan fingerprint density at radius 3 is 2.59 bits per heavy atom. The average Bonchev–Trinajstić information content (AvgIpc) is 2.66. The molecule has 0 bridgehead atoms. The van der Waals surface area contributed by atoms with Gasteiger partial charge < -0.3 is 9.64 Å². The lowest BCUT2D eigenvalue weighted by molar-refractivity contribution is 0.123. The van der Waals surface area contributed by atoms with Gasteiger partial charge in [-0.15, -0.1) is 0 Å². The molecule has 2 aromatic rings. The van der Waals surface area contributed by atoms with Crippen LogP contribution in [-0.2, 0) is 0 Å². The number of methoxy groups -OCH3 is 1. The van der Waals surface area contributed by atoms with Crippen molar-refractivity contribution < 1.29 is 13.5 Å². The third-order valence-corrected chi connectivity index (χ3v) is 5.30. The number of aromatic nitrogens is 1. The van der Waals surface area contributed by atoms with Crippen molar-refractivity contribution in [2.24, 2.45) is 0 Å². The number of benzene rings is 1. The molecule has 3 rings (SSSR count). The number of pyridine rings is 1. The summed E-state index contributed by atoms with van der Waals surface area (Å²) in [5, 5.41) is 0.315. The van der Waals surface area contributed by atoms with Crippen molar-refractivity contribution in [2.45, 2.75) is 6.43 Å². The fourth-order valence-electron chi connectivity index (χ4n) is 2.83. The second kappa shape index (κ2) is 8.39. The number of alkyl halides is 2. The van der Waals surface area contributed by atoms with E-state index in [2.05, 4.69) is 34.2 Å². The molecule has 2 heterocycles. The van der Waals surface area contributed by atoms with Gasteiger partial charge in [0.2, 0.25) is 0 Å². The Balaban J connectivity index is 2.29. The Hall–Kier alpha value is -1.93. The van der Waals surface area contributed by atoms with Crippen LogP contribution in [0.3, 0.4) is 0 Å². The van der Waals surface area contributed by atoms with Crippen molar-refractivity contribution in [3.63, 3.8) is 0 Å². The highest BCUT2D eigenvalue weighted by Gasteiger charge is 2.29. The molecule has 27 heavy (non-hydrogen) atoms.